The summed E-state index contributed by atoms with van der Waals surface area (Å²) in [5, 5.41) is 1.82. The minimum Gasteiger partial charge on any atom is -0.462 e. The van der Waals surface area contributed by atoms with Crippen molar-refractivity contribution < 1.29 is 14.3 Å². The molecule has 0 radical (unpaired) electrons. The fraction of sp³-hybridized carbons (Fsp3) is 0.680. The second kappa shape index (κ2) is 11.4. The standard InChI is InChI=1S/C25H34N4O3S2/c1-17-26-14-21(33-17)12-24(30)27-13-19-4-2-18(3-5-19)6-9-29-10-7-22-23(8-11-29)34-25(28-22)32-20-15-31-16-20/h13-14,18-20H,2-12,15-16H2,1H3. The van der Waals surface area contributed by atoms with Gasteiger partial charge in [0.15, 0.2) is 0 Å². The molecule has 3 aliphatic rings. The first-order valence-corrected chi connectivity index (χ1v) is 14.2. The summed E-state index contributed by atoms with van der Waals surface area (Å²) in [5.41, 5.74) is 1.24. The lowest BCUT2D eigenvalue weighted by molar-refractivity contribution is -0.117. The van der Waals surface area contributed by atoms with E-state index in [0.717, 1.165) is 59.8 Å². The van der Waals surface area contributed by atoms with Gasteiger partial charge >= 0.3 is 0 Å². The molecule has 1 saturated heterocycles. The van der Waals surface area contributed by atoms with E-state index in [1.807, 2.05) is 13.1 Å². The van der Waals surface area contributed by atoms with Crippen LogP contribution >= 0.6 is 22.7 Å². The Bertz CT molecular complexity index is 967. The average molecular weight is 503 g/mol. The van der Waals surface area contributed by atoms with Gasteiger partial charge in [0.25, 0.3) is 11.1 Å². The Morgan fingerprint density at radius 3 is 2.79 bits per heavy atom. The summed E-state index contributed by atoms with van der Waals surface area (Å²) in [7, 11) is 0. The number of hydrogen-bond donors (Lipinski definition) is 0. The van der Waals surface area contributed by atoms with Crippen molar-refractivity contribution in [3.63, 3.8) is 0 Å². The minimum atomic E-state index is -0.0503. The fourth-order valence-electron chi connectivity index (χ4n) is 4.95. The number of aliphatic imine (C=N–C) groups is 1. The van der Waals surface area contributed by atoms with Crippen molar-refractivity contribution in [1.82, 2.24) is 14.9 Å². The topological polar surface area (TPSA) is 76.9 Å². The Hall–Kier alpha value is -1.68. The summed E-state index contributed by atoms with van der Waals surface area (Å²) >= 11 is 3.30. The maximum absolute atomic E-state index is 12.1. The molecule has 1 amide bonds. The normalized spacial score (nSPS) is 24.0. The Morgan fingerprint density at radius 1 is 1.24 bits per heavy atom. The lowest BCUT2D eigenvalue weighted by Gasteiger charge is -2.28. The van der Waals surface area contributed by atoms with E-state index >= 15 is 0 Å². The van der Waals surface area contributed by atoms with Gasteiger partial charge in [-0.15, -0.1) is 11.3 Å². The highest BCUT2D eigenvalue weighted by Gasteiger charge is 2.25. The highest BCUT2D eigenvalue weighted by Crippen LogP contribution is 2.32. The zero-order valence-corrected chi connectivity index (χ0v) is 21.5. The molecule has 2 aliphatic heterocycles. The molecule has 2 aromatic rings. The smallest absolute Gasteiger partial charge is 0.274 e. The van der Waals surface area contributed by atoms with Crippen molar-refractivity contribution in [2.24, 2.45) is 16.8 Å². The quantitative estimate of drug-likeness (QED) is 0.506. The molecule has 9 heteroatoms. The predicted molar refractivity (Wildman–Crippen MR) is 135 cm³/mol. The molecule has 34 heavy (non-hydrogen) atoms. The van der Waals surface area contributed by atoms with Crippen molar-refractivity contribution in [3.8, 4) is 5.19 Å². The number of carbonyl (C=O) groups excluding carboxylic acids is 1. The minimum absolute atomic E-state index is 0.0503. The number of fused-ring (bicyclic) bond motifs is 1. The molecule has 5 rings (SSSR count). The van der Waals surface area contributed by atoms with Gasteiger partial charge in [0.05, 0.1) is 30.3 Å². The van der Waals surface area contributed by atoms with E-state index in [9.17, 15) is 4.79 Å². The number of nitrogens with zero attached hydrogens (tertiary/aromatic N) is 4. The van der Waals surface area contributed by atoms with Crippen LogP contribution in [0.3, 0.4) is 0 Å². The van der Waals surface area contributed by atoms with Crippen LogP contribution in [0.5, 0.6) is 5.19 Å². The van der Waals surface area contributed by atoms with Crippen LogP contribution in [0.25, 0.3) is 0 Å². The third kappa shape index (κ3) is 6.50. The summed E-state index contributed by atoms with van der Waals surface area (Å²) in [6, 6.07) is 0. The van der Waals surface area contributed by atoms with Crippen LogP contribution in [0, 0.1) is 18.8 Å². The maximum atomic E-state index is 12.1. The number of aryl methyl sites for hydroxylation is 1. The van der Waals surface area contributed by atoms with E-state index in [1.54, 1.807) is 28.9 Å². The van der Waals surface area contributed by atoms with E-state index in [-0.39, 0.29) is 12.0 Å². The molecule has 0 unspecified atom stereocenters. The monoisotopic (exact) mass is 502 g/mol. The van der Waals surface area contributed by atoms with Crippen molar-refractivity contribution in [1.29, 1.82) is 0 Å². The molecule has 2 fully saturated rings. The predicted octanol–water partition coefficient (Wildman–Crippen LogP) is 4.12. The summed E-state index contributed by atoms with van der Waals surface area (Å²) in [6.07, 6.45) is 12.4. The number of carbonyl (C=O) groups is 1. The average Bonchev–Trinajstić information content (AvgIpc) is 3.35. The van der Waals surface area contributed by atoms with Gasteiger partial charge in [-0.2, -0.15) is 0 Å². The Kier molecular flexibility index (Phi) is 8.04. The van der Waals surface area contributed by atoms with E-state index in [2.05, 4.69) is 14.9 Å². The highest BCUT2D eigenvalue weighted by molar-refractivity contribution is 7.13. The zero-order valence-electron chi connectivity index (χ0n) is 19.9. The van der Waals surface area contributed by atoms with Gasteiger partial charge in [0, 0.05) is 41.7 Å². The molecule has 1 aliphatic carbocycles. The Balaban J connectivity index is 0.991. The van der Waals surface area contributed by atoms with Crippen LogP contribution in [-0.4, -0.2) is 65.9 Å². The van der Waals surface area contributed by atoms with Gasteiger partial charge in [0.1, 0.15) is 6.10 Å². The molecular weight excluding hydrogens is 468 g/mol. The first-order valence-electron chi connectivity index (χ1n) is 12.5. The van der Waals surface area contributed by atoms with Crippen molar-refractivity contribution in [2.45, 2.75) is 64.4 Å². The number of aromatic nitrogens is 2. The van der Waals surface area contributed by atoms with Gasteiger partial charge < -0.3 is 14.4 Å². The van der Waals surface area contributed by atoms with Crippen molar-refractivity contribution >= 4 is 34.8 Å². The molecule has 0 atom stereocenters. The number of ether oxygens (including phenoxy) is 2. The van der Waals surface area contributed by atoms with E-state index in [1.165, 1.54) is 36.4 Å². The maximum Gasteiger partial charge on any atom is 0.274 e. The molecule has 4 heterocycles. The van der Waals surface area contributed by atoms with Crippen LogP contribution in [0.15, 0.2) is 11.2 Å². The molecule has 0 bridgehead atoms. The van der Waals surface area contributed by atoms with E-state index in [4.69, 9.17) is 14.5 Å². The summed E-state index contributed by atoms with van der Waals surface area (Å²) in [5.74, 6) is 1.19. The second-order valence-electron chi connectivity index (χ2n) is 9.73. The second-order valence-corrected chi connectivity index (χ2v) is 12.1. The van der Waals surface area contributed by atoms with Crippen LogP contribution in [0.4, 0.5) is 0 Å². The van der Waals surface area contributed by atoms with Crippen molar-refractivity contribution in [3.05, 3.63) is 26.7 Å². The summed E-state index contributed by atoms with van der Waals surface area (Å²) in [6.45, 7) is 6.72. The first kappa shape index (κ1) is 24.0. The molecule has 0 N–H and O–H groups in total. The van der Waals surface area contributed by atoms with E-state index in [0.29, 0.717) is 25.6 Å². The number of thiazole rings is 2. The third-order valence-electron chi connectivity index (χ3n) is 7.12. The molecule has 0 spiro atoms. The van der Waals surface area contributed by atoms with Gasteiger partial charge in [-0.25, -0.2) is 15.0 Å². The molecule has 1 saturated carbocycles. The van der Waals surface area contributed by atoms with Gasteiger partial charge in [0.2, 0.25) is 0 Å². The molecular formula is C25H34N4O3S2. The highest BCUT2D eigenvalue weighted by atomic mass is 32.1. The molecule has 7 nitrogen and oxygen atoms in total. The first-order chi connectivity index (χ1) is 16.6. The lowest BCUT2D eigenvalue weighted by Crippen LogP contribution is -2.38. The molecule has 0 aromatic carbocycles. The molecule has 2 aromatic heterocycles. The van der Waals surface area contributed by atoms with Crippen molar-refractivity contribution in [2.75, 3.05) is 32.8 Å². The SMILES string of the molecule is Cc1ncc(CC(=O)N=CC2CCC(CCN3CCc4nc(OC5COC5)sc4CC3)CC2)s1. The number of amides is 1. The Labute approximate surface area is 209 Å². The summed E-state index contributed by atoms with van der Waals surface area (Å²) < 4.78 is 11.1. The van der Waals surface area contributed by atoms with Crippen LogP contribution in [-0.2, 0) is 28.8 Å². The molecule has 184 valence electrons. The number of hydrogen-bond acceptors (Lipinski definition) is 8. The van der Waals surface area contributed by atoms with Crippen LogP contribution in [0.2, 0.25) is 0 Å². The summed E-state index contributed by atoms with van der Waals surface area (Å²) in [4.78, 5) is 30.4. The zero-order chi connectivity index (χ0) is 23.3. The van der Waals surface area contributed by atoms with Gasteiger partial charge in [-0.3, -0.25) is 4.79 Å². The van der Waals surface area contributed by atoms with E-state index < -0.39 is 0 Å². The third-order valence-corrected chi connectivity index (χ3v) is 9.08. The lowest BCUT2D eigenvalue weighted by atomic mass is 9.81. The van der Waals surface area contributed by atoms with Crippen LogP contribution in [0.1, 0.15) is 52.6 Å². The largest absolute Gasteiger partial charge is 0.462 e. The number of rotatable bonds is 8. The van der Waals surface area contributed by atoms with Crippen LogP contribution < -0.4 is 4.74 Å². The Morgan fingerprint density at radius 2 is 2.06 bits per heavy atom. The van der Waals surface area contributed by atoms with Gasteiger partial charge in [-0.1, -0.05) is 11.3 Å². The fourth-order valence-corrected chi connectivity index (χ4v) is 6.74. The van der Waals surface area contributed by atoms with Gasteiger partial charge in [-0.05, 0) is 63.8 Å².